The Morgan fingerprint density at radius 1 is 1.07 bits per heavy atom. The minimum atomic E-state index is -3.75. The number of carbonyl (C=O) groups is 2. The fourth-order valence-corrected chi connectivity index (χ4v) is 4.48. The number of anilines is 2. The van der Waals surface area contributed by atoms with Crippen LogP contribution in [0.25, 0.3) is 0 Å². The average Bonchev–Trinajstić information content (AvgIpc) is 3.39. The maximum atomic E-state index is 12.7. The zero-order chi connectivity index (χ0) is 19.2. The van der Waals surface area contributed by atoms with E-state index in [9.17, 15) is 18.0 Å². The van der Waals surface area contributed by atoms with Crippen LogP contribution in [0.1, 0.15) is 35.7 Å². The third-order valence-corrected chi connectivity index (χ3v) is 6.39. The number of hydrogen-bond acceptors (Lipinski definition) is 4. The number of nitrogens with one attached hydrogen (secondary N) is 1. The van der Waals surface area contributed by atoms with Crippen LogP contribution in [0.15, 0.2) is 47.4 Å². The van der Waals surface area contributed by atoms with Gasteiger partial charge in [0.15, 0.2) is 5.78 Å². The lowest BCUT2D eigenvalue weighted by Gasteiger charge is -2.15. The fraction of sp³-hybridized carbons (Fsp3) is 0.300. The van der Waals surface area contributed by atoms with E-state index in [-0.39, 0.29) is 22.5 Å². The SMILES string of the molecule is CC(=O)N1CCc2cc(S(=O)(=O)Nc3ccc(C(=O)C4CC4)cc3)ccc21. The van der Waals surface area contributed by atoms with E-state index in [1.807, 2.05) is 0 Å². The van der Waals surface area contributed by atoms with Gasteiger partial charge in [0.1, 0.15) is 0 Å². The Bertz CT molecular complexity index is 1020. The largest absolute Gasteiger partial charge is 0.312 e. The fourth-order valence-electron chi connectivity index (χ4n) is 3.37. The summed E-state index contributed by atoms with van der Waals surface area (Å²) in [6, 6.07) is 11.3. The molecule has 2 aromatic carbocycles. The zero-order valence-corrected chi connectivity index (χ0v) is 15.8. The van der Waals surface area contributed by atoms with Gasteiger partial charge in [0, 0.05) is 36.3 Å². The topological polar surface area (TPSA) is 83.6 Å². The molecule has 1 aliphatic heterocycles. The van der Waals surface area contributed by atoms with Gasteiger partial charge >= 0.3 is 0 Å². The maximum Gasteiger partial charge on any atom is 0.261 e. The summed E-state index contributed by atoms with van der Waals surface area (Å²) in [5.74, 6) is 0.204. The molecular formula is C20H20N2O4S. The van der Waals surface area contributed by atoms with Crippen LogP contribution in [0.5, 0.6) is 0 Å². The van der Waals surface area contributed by atoms with Crippen molar-refractivity contribution in [1.82, 2.24) is 0 Å². The zero-order valence-electron chi connectivity index (χ0n) is 14.9. The lowest BCUT2D eigenvalue weighted by atomic mass is 10.1. The monoisotopic (exact) mass is 384 g/mol. The number of benzene rings is 2. The Kier molecular flexibility index (Phi) is 4.26. The summed E-state index contributed by atoms with van der Waals surface area (Å²) in [5.41, 5.74) is 2.64. The van der Waals surface area contributed by atoms with Crippen LogP contribution in [-0.2, 0) is 21.2 Å². The Balaban J connectivity index is 1.54. The van der Waals surface area contributed by atoms with Crippen molar-refractivity contribution >= 4 is 33.1 Å². The van der Waals surface area contributed by atoms with Gasteiger partial charge < -0.3 is 4.90 Å². The van der Waals surface area contributed by atoms with Crippen LogP contribution in [0.2, 0.25) is 0 Å². The second-order valence-corrected chi connectivity index (χ2v) is 8.71. The Morgan fingerprint density at radius 2 is 1.78 bits per heavy atom. The van der Waals surface area contributed by atoms with Crippen molar-refractivity contribution in [2.75, 3.05) is 16.2 Å². The van der Waals surface area contributed by atoms with Crippen molar-refractivity contribution in [3.63, 3.8) is 0 Å². The minimum absolute atomic E-state index is 0.0525. The predicted octanol–water partition coefficient (Wildman–Crippen LogP) is 2.99. The second-order valence-electron chi connectivity index (χ2n) is 7.03. The standard InChI is InChI=1S/C20H20N2O4S/c1-13(23)22-11-10-16-12-18(8-9-19(16)22)27(25,26)21-17-6-4-15(5-7-17)20(24)14-2-3-14/h4-9,12,14,21H,2-3,10-11H2,1H3. The van der Waals surface area contributed by atoms with Gasteiger partial charge in [-0.1, -0.05) is 0 Å². The van der Waals surface area contributed by atoms with E-state index in [0.29, 0.717) is 24.2 Å². The summed E-state index contributed by atoms with van der Waals surface area (Å²) in [7, 11) is -3.75. The number of sulfonamides is 1. The first-order valence-corrected chi connectivity index (χ1v) is 10.4. The number of carbonyl (C=O) groups excluding carboxylic acids is 2. The lowest BCUT2D eigenvalue weighted by Crippen LogP contribution is -2.25. The first-order chi connectivity index (χ1) is 12.8. The molecular weight excluding hydrogens is 364 g/mol. The Hall–Kier alpha value is -2.67. The molecule has 4 rings (SSSR count). The van der Waals surface area contributed by atoms with E-state index in [2.05, 4.69) is 4.72 Å². The smallest absolute Gasteiger partial charge is 0.261 e. The summed E-state index contributed by atoms with van der Waals surface area (Å²) in [4.78, 5) is 25.5. The van der Waals surface area contributed by atoms with E-state index >= 15 is 0 Å². The summed E-state index contributed by atoms with van der Waals surface area (Å²) in [6.07, 6.45) is 2.51. The number of amides is 1. The summed E-state index contributed by atoms with van der Waals surface area (Å²) < 4.78 is 27.9. The molecule has 2 aromatic rings. The first-order valence-electron chi connectivity index (χ1n) is 8.93. The van der Waals surface area contributed by atoms with Crippen LogP contribution in [0.3, 0.4) is 0 Å². The van der Waals surface area contributed by atoms with Gasteiger partial charge in [-0.2, -0.15) is 0 Å². The number of ketones is 1. The highest BCUT2D eigenvalue weighted by atomic mass is 32.2. The minimum Gasteiger partial charge on any atom is -0.312 e. The molecule has 6 nitrogen and oxygen atoms in total. The third-order valence-electron chi connectivity index (χ3n) is 5.01. The quantitative estimate of drug-likeness (QED) is 0.804. The third kappa shape index (κ3) is 3.47. The molecule has 1 heterocycles. The van der Waals surface area contributed by atoms with Crippen LogP contribution in [0.4, 0.5) is 11.4 Å². The number of nitrogens with zero attached hydrogens (tertiary/aromatic N) is 1. The van der Waals surface area contributed by atoms with Gasteiger partial charge in [0.25, 0.3) is 10.0 Å². The van der Waals surface area contributed by atoms with Gasteiger partial charge in [-0.3, -0.25) is 14.3 Å². The number of hydrogen-bond donors (Lipinski definition) is 1. The van der Waals surface area contributed by atoms with Crippen molar-refractivity contribution in [2.24, 2.45) is 5.92 Å². The molecule has 1 saturated carbocycles. The molecule has 0 atom stereocenters. The molecule has 0 spiro atoms. The average molecular weight is 384 g/mol. The van der Waals surface area contributed by atoms with E-state index in [1.165, 1.54) is 13.0 Å². The lowest BCUT2D eigenvalue weighted by molar-refractivity contribution is -0.116. The maximum absolute atomic E-state index is 12.7. The van der Waals surface area contributed by atoms with Gasteiger partial charge in [0.05, 0.1) is 4.90 Å². The molecule has 1 N–H and O–H groups in total. The number of Topliss-reactive ketones (excluding diaryl/α,β-unsaturated/α-hetero) is 1. The Labute approximate surface area is 158 Å². The molecule has 0 saturated heterocycles. The number of rotatable bonds is 5. The molecule has 0 unspecified atom stereocenters. The molecule has 0 aromatic heterocycles. The Morgan fingerprint density at radius 3 is 2.41 bits per heavy atom. The van der Waals surface area contributed by atoms with Crippen molar-refractivity contribution in [3.8, 4) is 0 Å². The van der Waals surface area contributed by atoms with Crippen LogP contribution in [-0.4, -0.2) is 26.7 Å². The normalized spacial score (nSPS) is 16.1. The van der Waals surface area contributed by atoms with E-state index in [1.54, 1.807) is 41.3 Å². The van der Waals surface area contributed by atoms with Gasteiger partial charge in [0.2, 0.25) is 5.91 Å². The molecule has 7 heteroatoms. The van der Waals surface area contributed by atoms with E-state index in [0.717, 1.165) is 24.1 Å². The van der Waals surface area contributed by atoms with Gasteiger partial charge in [-0.25, -0.2) is 8.42 Å². The molecule has 1 fully saturated rings. The van der Waals surface area contributed by atoms with E-state index in [4.69, 9.17) is 0 Å². The van der Waals surface area contributed by atoms with Crippen LogP contribution >= 0.6 is 0 Å². The van der Waals surface area contributed by atoms with Crippen molar-refractivity contribution in [2.45, 2.75) is 31.1 Å². The highest BCUT2D eigenvalue weighted by Gasteiger charge is 2.30. The number of fused-ring (bicyclic) bond motifs is 1. The van der Waals surface area contributed by atoms with E-state index < -0.39 is 10.0 Å². The van der Waals surface area contributed by atoms with Gasteiger partial charge in [-0.05, 0) is 67.3 Å². The van der Waals surface area contributed by atoms with Gasteiger partial charge in [-0.15, -0.1) is 0 Å². The van der Waals surface area contributed by atoms with Crippen LogP contribution in [0, 0.1) is 5.92 Å². The molecule has 2 aliphatic rings. The van der Waals surface area contributed by atoms with Crippen LogP contribution < -0.4 is 9.62 Å². The molecule has 0 bridgehead atoms. The molecule has 1 aliphatic carbocycles. The molecule has 0 radical (unpaired) electrons. The summed E-state index contributed by atoms with van der Waals surface area (Å²) in [6.45, 7) is 2.07. The molecule has 1 amide bonds. The van der Waals surface area contributed by atoms with Crippen molar-refractivity contribution < 1.29 is 18.0 Å². The predicted molar refractivity (Wildman–Crippen MR) is 102 cm³/mol. The van der Waals surface area contributed by atoms with Crippen molar-refractivity contribution in [3.05, 3.63) is 53.6 Å². The highest BCUT2D eigenvalue weighted by molar-refractivity contribution is 7.92. The molecule has 27 heavy (non-hydrogen) atoms. The summed E-state index contributed by atoms with van der Waals surface area (Å²) >= 11 is 0. The van der Waals surface area contributed by atoms with Crippen molar-refractivity contribution in [1.29, 1.82) is 0 Å². The summed E-state index contributed by atoms with van der Waals surface area (Å²) in [5, 5.41) is 0. The second kappa shape index (κ2) is 6.49. The molecule has 140 valence electrons. The highest BCUT2D eigenvalue weighted by Crippen LogP contribution is 2.33. The first kappa shape index (κ1) is 17.7.